The topological polar surface area (TPSA) is 23.5 Å². The maximum absolute atomic E-state index is 8.70. The van der Waals surface area contributed by atoms with Crippen molar-refractivity contribution in [1.29, 1.82) is 0 Å². The fourth-order valence-corrected chi connectivity index (χ4v) is 1.84. The lowest BCUT2D eigenvalue weighted by atomic mass is 9.90. The SMILES string of the molecule is CC(C)(C)CN1CC(CCO)C1. The number of hydrogen-bond donors (Lipinski definition) is 1. The van der Waals surface area contributed by atoms with Gasteiger partial charge in [-0.25, -0.2) is 0 Å². The summed E-state index contributed by atoms with van der Waals surface area (Å²) < 4.78 is 0. The summed E-state index contributed by atoms with van der Waals surface area (Å²) >= 11 is 0. The van der Waals surface area contributed by atoms with E-state index in [1.807, 2.05) is 0 Å². The Morgan fingerprint density at radius 2 is 1.92 bits per heavy atom. The second kappa shape index (κ2) is 3.75. The van der Waals surface area contributed by atoms with Crippen LogP contribution in [-0.2, 0) is 0 Å². The minimum atomic E-state index is 0.355. The molecular formula is C10H21NO. The molecule has 1 aliphatic rings. The average molecular weight is 171 g/mol. The van der Waals surface area contributed by atoms with Crippen LogP contribution >= 0.6 is 0 Å². The van der Waals surface area contributed by atoms with Crippen LogP contribution < -0.4 is 0 Å². The minimum absolute atomic E-state index is 0.355. The summed E-state index contributed by atoms with van der Waals surface area (Å²) in [4.78, 5) is 2.47. The highest BCUT2D eigenvalue weighted by molar-refractivity contribution is 4.82. The van der Waals surface area contributed by atoms with Gasteiger partial charge in [0.2, 0.25) is 0 Å². The van der Waals surface area contributed by atoms with Gasteiger partial charge in [-0.15, -0.1) is 0 Å². The Morgan fingerprint density at radius 1 is 1.33 bits per heavy atom. The molecule has 1 heterocycles. The fourth-order valence-electron chi connectivity index (χ4n) is 1.84. The van der Waals surface area contributed by atoms with Gasteiger partial charge in [-0.1, -0.05) is 20.8 Å². The maximum Gasteiger partial charge on any atom is 0.0434 e. The van der Waals surface area contributed by atoms with Crippen molar-refractivity contribution in [3.05, 3.63) is 0 Å². The zero-order valence-electron chi connectivity index (χ0n) is 8.51. The van der Waals surface area contributed by atoms with Gasteiger partial charge in [-0.05, 0) is 17.8 Å². The van der Waals surface area contributed by atoms with E-state index in [0.29, 0.717) is 12.0 Å². The molecule has 0 radical (unpaired) electrons. The van der Waals surface area contributed by atoms with Gasteiger partial charge in [0.15, 0.2) is 0 Å². The van der Waals surface area contributed by atoms with E-state index >= 15 is 0 Å². The molecule has 12 heavy (non-hydrogen) atoms. The Kier molecular flexibility index (Phi) is 3.13. The summed E-state index contributed by atoms with van der Waals surface area (Å²) in [6.45, 7) is 10.7. The highest BCUT2D eigenvalue weighted by Crippen LogP contribution is 2.24. The van der Waals surface area contributed by atoms with Gasteiger partial charge < -0.3 is 10.0 Å². The molecule has 0 amide bonds. The smallest absolute Gasteiger partial charge is 0.0434 e. The van der Waals surface area contributed by atoms with Crippen LogP contribution in [0.5, 0.6) is 0 Å². The second-order valence-electron chi connectivity index (χ2n) is 5.13. The predicted octanol–water partition coefficient (Wildman–Crippen LogP) is 1.35. The van der Waals surface area contributed by atoms with E-state index in [0.717, 1.165) is 12.3 Å². The Balaban J connectivity index is 2.10. The minimum Gasteiger partial charge on any atom is -0.396 e. The van der Waals surface area contributed by atoms with Crippen LogP contribution in [0.4, 0.5) is 0 Å². The van der Waals surface area contributed by atoms with Gasteiger partial charge in [-0.2, -0.15) is 0 Å². The number of aliphatic hydroxyl groups excluding tert-OH is 1. The fraction of sp³-hybridized carbons (Fsp3) is 1.00. The van der Waals surface area contributed by atoms with Crippen LogP contribution in [-0.4, -0.2) is 36.2 Å². The molecule has 0 spiro atoms. The standard InChI is InChI=1S/C10H21NO/c1-10(2,3)8-11-6-9(7-11)4-5-12/h9,12H,4-8H2,1-3H3. The third-order valence-electron chi connectivity index (χ3n) is 2.27. The Bertz CT molecular complexity index is 133. The van der Waals surface area contributed by atoms with Crippen molar-refractivity contribution in [2.45, 2.75) is 27.2 Å². The molecule has 0 aromatic heterocycles. The van der Waals surface area contributed by atoms with Crippen LogP contribution in [0.15, 0.2) is 0 Å². The van der Waals surface area contributed by atoms with Crippen molar-refractivity contribution in [2.24, 2.45) is 11.3 Å². The number of likely N-dealkylation sites (tertiary alicyclic amines) is 1. The van der Waals surface area contributed by atoms with E-state index in [2.05, 4.69) is 25.7 Å². The number of aliphatic hydroxyl groups is 1. The average Bonchev–Trinajstić information content (AvgIpc) is 1.80. The lowest BCUT2D eigenvalue weighted by molar-refractivity contribution is 0.0496. The van der Waals surface area contributed by atoms with Crippen LogP contribution in [0, 0.1) is 11.3 Å². The molecule has 0 atom stereocenters. The Hall–Kier alpha value is -0.0800. The van der Waals surface area contributed by atoms with E-state index < -0.39 is 0 Å². The second-order valence-corrected chi connectivity index (χ2v) is 5.13. The lowest BCUT2D eigenvalue weighted by Gasteiger charge is -2.42. The molecular weight excluding hydrogens is 150 g/mol. The van der Waals surface area contributed by atoms with E-state index in [-0.39, 0.29) is 0 Å². The molecule has 0 aromatic carbocycles. The first-order chi connectivity index (χ1) is 5.51. The molecule has 1 fully saturated rings. The monoisotopic (exact) mass is 171 g/mol. The Morgan fingerprint density at radius 3 is 2.33 bits per heavy atom. The van der Waals surface area contributed by atoms with Crippen molar-refractivity contribution in [3.8, 4) is 0 Å². The molecule has 0 aliphatic carbocycles. The summed E-state index contributed by atoms with van der Waals surface area (Å²) in [7, 11) is 0. The van der Waals surface area contributed by atoms with Crippen LogP contribution in [0.3, 0.4) is 0 Å². The maximum atomic E-state index is 8.70. The van der Waals surface area contributed by atoms with Gasteiger partial charge in [0.25, 0.3) is 0 Å². The number of hydrogen-bond acceptors (Lipinski definition) is 2. The van der Waals surface area contributed by atoms with E-state index in [1.54, 1.807) is 0 Å². The van der Waals surface area contributed by atoms with Crippen molar-refractivity contribution in [3.63, 3.8) is 0 Å². The molecule has 0 saturated carbocycles. The molecule has 0 unspecified atom stereocenters. The van der Waals surface area contributed by atoms with Crippen molar-refractivity contribution in [1.82, 2.24) is 4.90 Å². The van der Waals surface area contributed by atoms with Gasteiger partial charge in [0.05, 0.1) is 0 Å². The third-order valence-corrected chi connectivity index (χ3v) is 2.27. The molecule has 1 saturated heterocycles. The van der Waals surface area contributed by atoms with Crippen LogP contribution in [0.25, 0.3) is 0 Å². The summed E-state index contributed by atoms with van der Waals surface area (Å²) in [5.74, 6) is 0.761. The molecule has 1 rings (SSSR count). The summed E-state index contributed by atoms with van der Waals surface area (Å²) in [5.41, 5.74) is 0.421. The summed E-state index contributed by atoms with van der Waals surface area (Å²) in [5, 5.41) is 8.70. The molecule has 0 aromatic rings. The third kappa shape index (κ3) is 3.11. The highest BCUT2D eigenvalue weighted by Gasteiger charge is 2.28. The van der Waals surface area contributed by atoms with Gasteiger partial charge in [0.1, 0.15) is 0 Å². The summed E-state index contributed by atoms with van der Waals surface area (Å²) in [6, 6.07) is 0. The van der Waals surface area contributed by atoms with Crippen molar-refractivity contribution >= 4 is 0 Å². The quantitative estimate of drug-likeness (QED) is 0.693. The first-order valence-electron chi connectivity index (χ1n) is 4.84. The highest BCUT2D eigenvalue weighted by atomic mass is 16.3. The van der Waals surface area contributed by atoms with E-state index in [1.165, 1.54) is 19.6 Å². The van der Waals surface area contributed by atoms with Crippen LogP contribution in [0.2, 0.25) is 0 Å². The van der Waals surface area contributed by atoms with Gasteiger partial charge in [-0.3, -0.25) is 0 Å². The lowest BCUT2D eigenvalue weighted by Crippen LogP contribution is -2.49. The molecule has 2 heteroatoms. The van der Waals surface area contributed by atoms with Gasteiger partial charge in [0, 0.05) is 26.2 Å². The van der Waals surface area contributed by atoms with E-state index in [9.17, 15) is 0 Å². The zero-order chi connectivity index (χ0) is 9.19. The van der Waals surface area contributed by atoms with Crippen molar-refractivity contribution in [2.75, 3.05) is 26.2 Å². The number of rotatable bonds is 3. The molecule has 1 aliphatic heterocycles. The van der Waals surface area contributed by atoms with E-state index in [4.69, 9.17) is 5.11 Å². The largest absolute Gasteiger partial charge is 0.396 e. The predicted molar refractivity (Wildman–Crippen MR) is 51.1 cm³/mol. The number of nitrogens with zero attached hydrogens (tertiary/aromatic N) is 1. The molecule has 0 bridgehead atoms. The first-order valence-corrected chi connectivity index (χ1v) is 4.84. The molecule has 1 N–H and O–H groups in total. The van der Waals surface area contributed by atoms with Crippen molar-refractivity contribution < 1.29 is 5.11 Å². The zero-order valence-corrected chi connectivity index (χ0v) is 8.51. The first kappa shape index (κ1) is 10.0. The summed E-state index contributed by atoms with van der Waals surface area (Å²) in [6.07, 6.45) is 0.987. The molecule has 72 valence electrons. The Labute approximate surface area is 75.6 Å². The normalized spacial score (nSPS) is 21.0. The molecule has 2 nitrogen and oxygen atoms in total. The van der Waals surface area contributed by atoms with Gasteiger partial charge >= 0.3 is 0 Å². The van der Waals surface area contributed by atoms with Crippen LogP contribution in [0.1, 0.15) is 27.2 Å².